The Hall–Kier alpha value is -1.80. The Bertz CT molecular complexity index is 448. The van der Waals surface area contributed by atoms with Crippen molar-refractivity contribution in [3.63, 3.8) is 0 Å². The first-order chi connectivity index (χ1) is 7.74. The zero-order valence-electron chi connectivity index (χ0n) is 9.26. The van der Waals surface area contributed by atoms with Crippen molar-refractivity contribution >= 4 is 5.69 Å². The van der Waals surface area contributed by atoms with E-state index in [-0.39, 0.29) is 17.1 Å². The van der Waals surface area contributed by atoms with Crippen molar-refractivity contribution in [3.05, 3.63) is 70.3 Å². The molecule has 90 valence electrons. The predicted octanol–water partition coefficient (Wildman–Crippen LogP) is 4.29. The Morgan fingerprint density at radius 1 is 1.41 bits per heavy atom. The summed E-state index contributed by atoms with van der Waals surface area (Å²) in [6, 6.07) is 7.15. The molecule has 0 radical (unpaired) electrons. The van der Waals surface area contributed by atoms with Gasteiger partial charge in [0.25, 0.3) is 0 Å². The van der Waals surface area contributed by atoms with E-state index in [1.54, 1.807) is 19.1 Å². The maximum absolute atomic E-state index is 8.83. The van der Waals surface area contributed by atoms with Gasteiger partial charge in [0.1, 0.15) is 0 Å². The minimum atomic E-state index is 0. The Labute approximate surface area is 110 Å². The van der Waals surface area contributed by atoms with Gasteiger partial charge >= 0.3 is 0 Å². The van der Waals surface area contributed by atoms with E-state index in [1.807, 2.05) is 36.4 Å². The second kappa shape index (κ2) is 8.36. The summed E-state index contributed by atoms with van der Waals surface area (Å²) in [5.74, 6) is 0.384. The SMILES string of the molecule is CC(O)=C1C=CC=C1.[Fe].[N-]=[N+]=Nc1ccc[cH-]1. The van der Waals surface area contributed by atoms with Crippen LogP contribution in [0.5, 0.6) is 0 Å². The molecule has 0 heterocycles. The molecule has 2 rings (SSSR count). The van der Waals surface area contributed by atoms with E-state index in [0.717, 1.165) is 5.57 Å². The molecule has 4 nitrogen and oxygen atoms in total. The van der Waals surface area contributed by atoms with Gasteiger partial charge in [-0.15, -0.1) is 0 Å². The van der Waals surface area contributed by atoms with Gasteiger partial charge in [0, 0.05) is 27.6 Å². The van der Waals surface area contributed by atoms with Gasteiger partial charge in [0.05, 0.1) is 5.76 Å². The van der Waals surface area contributed by atoms with Crippen LogP contribution in [0, 0.1) is 0 Å². The van der Waals surface area contributed by atoms with Crippen LogP contribution in [0.2, 0.25) is 0 Å². The number of rotatable bonds is 1. The van der Waals surface area contributed by atoms with Crippen molar-refractivity contribution in [1.82, 2.24) is 0 Å². The van der Waals surface area contributed by atoms with E-state index in [1.165, 1.54) is 0 Å². The van der Waals surface area contributed by atoms with Crippen LogP contribution in [-0.4, -0.2) is 5.11 Å². The summed E-state index contributed by atoms with van der Waals surface area (Å²) in [5, 5.41) is 12.2. The number of nitrogens with zero attached hydrogens (tertiary/aromatic N) is 3. The molecule has 0 saturated heterocycles. The molecule has 1 aromatic rings. The van der Waals surface area contributed by atoms with Crippen molar-refractivity contribution in [3.8, 4) is 0 Å². The smallest absolute Gasteiger partial charge is 0.0963 e. The van der Waals surface area contributed by atoms with Crippen LogP contribution in [0.25, 0.3) is 10.4 Å². The van der Waals surface area contributed by atoms with Crippen molar-refractivity contribution < 1.29 is 22.2 Å². The number of azide groups is 1. The molecule has 0 spiro atoms. The molecule has 0 unspecified atom stereocenters. The number of hydrogen-bond donors (Lipinski definition) is 1. The zero-order chi connectivity index (χ0) is 11.8. The van der Waals surface area contributed by atoms with Crippen LogP contribution in [0.3, 0.4) is 0 Å². The van der Waals surface area contributed by atoms with E-state index >= 15 is 0 Å². The van der Waals surface area contributed by atoms with Crippen molar-refractivity contribution in [2.24, 2.45) is 5.11 Å². The standard InChI is InChI=1S/C7H8O.C5H4N3.Fe/c1-6(8)7-4-2-3-5-7;6-8-7-5-3-1-2-4-5;/h2-5,8H,1H3;1-4H;/q;-1;. The van der Waals surface area contributed by atoms with Crippen LogP contribution in [-0.2, 0) is 17.1 Å². The average molecular weight is 270 g/mol. The fourth-order valence-corrected chi connectivity index (χ4v) is 1.10. The molecule has 1 aliphatic rings. The fraction of sp³-hybridized carbons (Fsp3) is 0.0833. The third kappa shape index (κ3) is 5.73. The molecule has 0 atom stereocenters. The van der Waals surface area contributed by atoms with E-state index in [4.69, 9.17) is 10.6 Å². The van der Waals surface area contributed by atoms with Gasteiger partial charge in [0.2, 0.25) is 0 Å². The Morgan fingerprint density at radius 2 is 2.06 bits per heavy atom. The third-order valence-corrected chi connectivity index (χ3v) is 1.89. The van der Waals surface area contributed by atoms with Crippen molar-refractivity contribution in [2.75, 3.05) is 0 Å². The Morgan fingerprint density at radius 3 is 2.41 bits per heavy atom. The molecule has 0 aromatic heterocycles. The second-order valence-electron chi connectivity index (χ2n) is 3.09. The monoisotopic (exact) mass is 270 g/mol. The topological polar surface area (TPSA) is 69.0 Å². The molecular weight excluding hydrogens is 258 g/mol. The van der Waals surface area contributed by atoms with Crippen LogP contribution >= 0.6 is 0 Å². The van der Waals surface area contributed by atoms with Gasteiger partial charge in [-0.1, -0.05) is 35.1 Å². The summed E-state index contributed by atoms with van der Waals surface area (Å²) >= 11 is 0. The normalized spacial score (nSPS) is 11.0. The molecule has 17 heavy (non-hydrogen) atoms. The van der Waals surface area contributed by atoms with Crippen molar-refractivity contribution in [1.29, 1.82) is 0 Å². The first-order valence-corrected chi connectivity index (χ1v) is 4.75. The molecule has 1 aliphatic carbocycles. The Kier molecular flexibility index (Phi) is 7.48. The summed E-state index contributed by atoms with van der Waals surface area (Å²) in [7, 11) is 0. The first-order valence-electron chi connectivity index (χ1n) is 4.75. The number of hydrogen-bond acceptors (Lipinski definition) is 2. The van der Waals surface area contributed by atoms with E-state index in [9.17, 15) is 0 Å². The minimum Gasteiger partial charge on any atom is -0.512 e. The summed E-state index contributed by atoms with van der Waals surface area (Å²) < 4.78 is 0. The maximum Gasteiger partial charge on any atom is 0.0963 e. The van der Waals surface area contributed by atoms with Crippen molar-refractivity contribution in [2.45, 2.75) is 6.92 Å². The first kappa shape index (κ1) is 15.2. The zero-order valence-corrected chi connectivity index (χ0v) is 10.4. The average Bonchev–Trinajstić information content (AvgIpc) is 2.91. The molecule has 5 heteroatoms. The number of aliphatic hydroxyl groups is 1. The van der Waals surface area contributed by atoms with Gasteiger partial charge in [-0.05, 0) is 12.5 Å². The van der Waals surface area contributed by atoms with Gasteiger partial charge < -0.3 is 5.11 Å². The fourth-order valence-electron chi connectivity index (χ4n) is 1.10. The van der Waals surface area contributed by atoms with Crippen LogP contribution in [0.4, 0.5) is 5.69 Å². The summed E-state index contributed by atoms with van der Waals surface area (Å²) in [4.78, 5) is 2.60. The van der Waals surface area contributed by atoms with Gasteiger partial charge in [-0.25, -0.2) is 12.1 Å². The molecule has 1 aromatic carbocycles. The maximum atomic E-state index is 8.83. The molecular formula is C12H12FeN3O-. The molecule has 0 amide bonds. The van der Waals surface area contributed by atoms with Crippen LogP contribution < -0.4 is 0 Å². The third-order valence-electron chi connectivity index (χ3n) is 1.89. The molecule has 0 fully saturated rings. The number of allylic oxidation sites excluding steroid dienone is 6. The molecule has 0 saturated carbocycles. The summed E-state index contributed by atoms with van der Waals surface area (Å²) in [6.07, 6.45) is 7.54. The van der Waals surface area contributed by atoms with E-state index in [0.29, 0.717) is 11.4 Å². The summed E-state index contributed by atoms with van der Waals surface area (Å²) in [5.41, 5.74) is 9.48. The minimum absolute atomic E-state index is 0. The summed E-state index contributed by atoms with van der Waals surface area (Å²) in [6.45, 7) is 1.68. The van der Waals surface area contributed by atoms with Gasteiger partial charge in [0.15, 0.2) is 0 Å². The van der Waals surface area contributed by atoms with Crippen LogP contribution in [0.15, 0.2) is 65.0 Å². The molecule has 0 bridgehead atoms. The largest absolute Gasteiger partial charge is 0.512 e. The Balaban J connectivity index is 0.000000284. The van der Waals surface area contributed by atoms with E-state index < -0.39 is 0 Å². The van der Waals surface area contributed by atoms with Gasteiger partial charge in [-0.3, -0.25) is 0 Å². The van der Waals surface area contributed by atoms with E-state index in [2.05, 4.69) is 10.0 Å². The van der Waals surface area contributed by atoms with Gasteiger partial charge in [-0.2, -0.15) is 12.1 Å². The van der Waals surface area contributed by atoms with Crippen LogP contribution in [0.1, 0.15) is 6.92 Å². The molecule has 0 aliphatic heterocycles. The second-order valence-corrected chi connectivity index (χ2v) is 3.09. The predicted molar refractivity (Wildman–Crippen MR) is 64.4 cm³/mol. The molecule has 1 N–H and O–H groups in total. The quantitative estimate of drug-likeness (QED) is 0.203. The number of aliphatic hydroxyl groups excluding tert-OH is 1.